The minimum absolute atomic E-state index is 0.280. The third kappa shape index (κ3) is 4.48. The number of aryl methyl sites for hydroxylation is 1. The third-order valence-corrected chi connectivity index (χ3v) is 5.73. The Hall–Kier alpha value is -2.48. The number of β-amino-alcohol motifs (C(OH)–C–C–N with tert-alkyl or cyclic N) is 1. The van der Waals surface area contributed by atoms with E-state index in [1.54, 1.807) is 0 Å². The SMILES string of the molecule is CCOc1ccc(-n2c(-c3cccc(C)c3)nn(CN3CCC[C@H](O)C3)c2=S)cc1. The van der Waals surface area contributed by atoms with Gasteiger partial charge in [-0.1, -0.05) is 23.8 Å². The number of hydrogen-bond donors (Lipinski definition) is 1. The molecule has 0 unspecified atom stereocenters. The van der Waals surface area contributed by atoms with Crippen molar-refractivity contribution in [2.45, 2.75) is 39.5 Å². The first-order valence-corrected chi connectivity index (χ1v) is 10.9. The van der Waals surface area contributed by atoms with Crippen LogP contribution >= 0.6 is 12.2 Å². The number of hydrogen-bond acceptors (Lipinski definition) is 5. The minimum atomic E-state index is -0.280. The fraction of sp³-hybridized carbons (Fsp3) is 0.391. The third-order valence-electron chi connectivity index (χ3n) is 5.34. The topological polar surface area (TPSA) is 55.5 Å². The number of aliphatic hydroxyl groups is 1. The van der Waals surface area contributed by atoms with Gasteiger partial charge in [-0.25, -0.2) is 4.68 Å². The zero-order valence-electron chi connectivity index (χ0n) is 17.5. The Balaban J connectivity index is 1.76. The monoisotopic (exact) mass is 424 g/mol. The molecule has 0 spiro atoms. The number of aromatic nitrogens is 3. The summed E-state index contributed by atoms with van der Waals surface area (Å²) >= 11 is 5.85. The first-order chi connectivity index (χ1) is 14.5. The van der Waals surface area contributed by atoms with Gasteiger partial charge in [0.1, 0.15) is 5.75 Å². The van der Waals surface area contributed by atoms with E-state index in [2.05, 4.69) is 30.0 Å². The second kappa shape index (κ2) is 9.12. The number of nitrogens with zero attached hydrogens (tertiary/aromatic N) is 4. The number of piperidine rings is 1. The predicted octanol–water partition coefficient (Wildman–Crippen LogP) is 4.19. The molecule has 0 radical (unpaired) electrons. The molecule has 4 rings (SSSR count). The van der Waals surface area contributed by atoms with Gasteiger partial charge >= 0.3 is 0 Å². The van der Waals surface area contributed by atoms with Crippen LogP contribution in [0.3, 0.4) is 0 Å². The zero-order valence-corrected chi connectivity index (χ0v) is 18.3. The van der Waals surface area contributed by atoms with Crippen LogP contribution in [0.25, 0.3) is 17.1 Å². The molecule has 2 heterocycles. The van der Waals surface area contributed by atoms with E-state index in [0.717, 1.165) is 42.2 Å². The summed E-state index contributed by atoms with van der Waals surface area (Å²) in [5.74, 6) is 1.64. The Morgan fingerprint density at radius 1 is 1.20 bits per heavy atom. The molecule has 0 bridgehead atoms. The van der Waals surface area contributed by atoms with Gasteiger partial charge in [0.25, 0.3) is 0 Å². The van der Waals surface area contributed by atoms with E-state index in [1.807, 2.05) is 46.5 Å². The van der Waals surface area contributed by atoms with Crippen LogP contribution in [0.2, 0.25) is 0 Å². The quantitative estimate of drug-likeness (QED) is 0.602. The van der Waals surface area contributed by atoms with Crippen molar-refractivity contribution >= 4 is 12.2 Å². The number of aliphatic hydroxyl groups excluding tert-OH is 1. The Morgan fingerprint density at radius 3 is 2.70 bits per heavy atom. The van der Waals surface area contributed by atoms with Gasteiger partial charge in [0.05, 0.1) is 25.1 Å². The molecule has 6 nitrogen and oxygen atoms in total. The van der Waals surface area contributed by atoms with Gasteiger partial charge in [-0.3, -0.25) is 9.47 Å². The van der Waals surface area contributed by atoms with E-state index in [4.69, 9.17) is 22.1 Å². The van der Waals surface area contributed by atoms with Crippen LogP contribution in [-0.4, -0.2) is 50.2 Å². The Morgan fingerprint density at radius 2 is 2.00 bits per heavy atom. The molecule has 0 amide bonds. The number of rotatable bonds is 6. The van der Waals surface area contributed by atoms with E-state index in [1.165, 1.54) is 5.56 Å². The smallest absolute Gasteiger partial charge is 0.204 e. The van der Waals surface area contributed by atoms with Crippen molar-refractivity contribution in [3.63, 3.8) is 0 Å². The maximum atomic E-state index is 10.0. The molecule has 0 aliphatic carbocycles. The summed E-state index contributed by atoms with van der Waals surface area (Å²) in [6.45, 7) is 6.84. The maximum Gasteiger partial charge on any atom is 0.204 e. The zero-order chi connectivity index (χ0) is 21.1. The lowest BCUT2D eigenvalue weighted by molar-refractivity contribution is 0.0513. The molecule has 1 fully saturated rings. The molecule has 2 aromatic carbocycles. The lowest BCUT2D eigenvalue weighted by Gasteiger charge is -2.29. The highest BCUT2D eigenvalue weighted by atomic mass is 32.1. The summed E-state index contributed by atoms with van der Waals surface area (Å²) in [6, 6.07) is 16.2. The summed E-state index contributed by atoms with van der Waals surface area (Å²) in [7, 11) is 0. The average Bonchev–Trinajstić information content (AvgIpc) is 3.05. The molecular weight excluding hydrogens is 396 g/mol. The molecule has 1 N–H and O–H groups in total. The summed E-state index contributed by atoms with van der Waals surface area (Å²) < 4.78 is 10.1. The molecular formula is C23H28N4O2S. The lowest BCUT2D eigenvalue weighted by Crippen LogP contribution is -2.39. The van der Waals surface area contributed by atoms with Crippen molar-refractivity contribution in [3.8, 4) is 22.8 Å². The van der Waals surface area contributed by atoms with Crippen LogP contribution in [0.4, 0.5) is 0 Å². The van der Waals surface area contributed by atoms with Crippen LogP contribution in [0.15, 0.2) is 48.5 Å². The minimum Gasteiger partial charge on any atom is -0.494 e. The summed E-state index contributed by atoms with van der Waals surface area (Å²) in [5, 5.41) is 14.9. The molecule has 1 aromatic heterocycles. The highest BCUT2D eigenvalue weighted by Crippen LogP contribution is 2.25. The first kappa shape index (κ1) is 20.8. The van der Waals surface area contributed by atoms with Crippen molar-refractivity contribution in [2.24, 2.45) is 0 Å². The van der Waals surface area contributed by atoms with Crippen molar-refractivity contribution < 1.29 is 9.84 Å². The van der Waals surface area contributed by atoms with Crippen LogP contribution in [0.1, 0.15) is 25.3 Å². The van der Waals surface area contributed by atoms with E-state index in [-0.39, 0.29) is 6.10 Å². The molecule has 1 atom stereocenters. The van der Waals surface area contributed by atoms with Crippen LogP contribution in [0, 0.1) is 11.7 Å². The van der Waals surface area contributed by atoms with Gasteiger partial charge in [0.2, 0.25) is 4.77 Å². The maximum absolute atomic E-state index is 10.0. The van der Waals surface area contributed by atoms with Gasteiger partial charge < -0.3 is 9.84 Å². The van der Waals surface area contributed by atoms with Crippen molar-refractivity contribution in [3.05, 3.63) is 58.9 Å². The molecule has 1 saturated heterocycles. The van der Waals surface area contributed by atoms with Crippen molar-refractivity contribution in [2.75, 3.05) is 19.7 Å². The molecule has 3 aromatic rings. The van der Waals surface area contributed by atoms with Crippen LogP contribution < -0.4 is 4.74 Å². The van der Waals surface area contributed by atoms with Crippen molar-refractivity contribution in [1.82, 2.24) is 19.2 Å². The Labute approximate surface area is 182 Å². The predicted molar refractivity (Wildman–Crippen MR) is 121 cm³/mol. The lowest BCUT2D eigenvalue weighted by atomic mass is 10.1. The normalized spacial score (nSPS) is 17.2. The fourth-order valence-corrected chi connectivity index (χ4v) is 4.20. The van der Waals surface area contributed by atoms with Gasteiger partial charge in [-0.15, -0.1) is 5.10 Å². The van der Waals surface area contributed by atoms with Gasteiger partial charge in [-0.05, 0) is 69.2 Å². The molecule has 7 heteroatoms. The Kier molecular flexibility index (Phi) is 6.32. The van der Waals surface area contributed by atoms with Crippen molar-refractivity contribution in [1.29, 1.82) is 0 Å². The standard InChI is InChI=1S/C23H28N4O2S/c1-3-29-21-11-9-19(10-12-21)27-22(18-7-4-6-17(2)14-18)24-26(23(27)30)16-25-13-5-8-20(28)15-25/h4,6-7,9-12,14,20,28H,3,5,8,13,15-16H2,1-2H3/t20-/m0/s1. The molecule has 1 aliphatic heterocycles. The van der Waals surface area contributed by atoms with E-state index in [9.17, 15) is 5.11 Å². The molecule has 1 aliphatic rings. The summed E-state index contributed by atoms with van der Waals surface area (Å²) in [6.07, 6.45) is 1.56. The second-order valence-corrected chi connectivity index (χ2v) is 8.12. The first-order valence-electron chi connectivity index (χ1n) is 10.5. The molecule has 30 heavy (non-hydrogen) atoms. The fourth-order valence-electron chi connectivity index (χ4n) is 3.91. The van der Waals surface area contributed by atoms with Gasteiger partial charge in [0, 0.05) is 18.7 Å². The second-order valence-electron chi connectivity index (χ2n) is 7.75. The number of likely N-dealkylation sites (tertiary alicyclic amines) is 1. The van der Waals surface area contributed by atoms with E-state index in [0.29, 0.717) is 24.6 Å². The van der Waals surface area contributed by atoms with E-state index < -0.39 is 0 Å². The molecule has 0 saturated carbocycles. The Bertz CT molecular complexity index is 1060. The van der Waals surface area contributed by atoms with Gasteiger partial charge in [0.15, 0.2) is 5.82 Å². The number of benzene rings is 2. The average molecular weight is 425 g/mol. The highest BCUT2D eigenvalue weighted by Gasteiger charge is 2.21. The highest BCUT2D eigenvalue weighted by molar-refractivity contribution is 7.71. The molecule has 158 valence electrons. The number of ether oxygens (including phenoxy) is 1. The van der Waals surface area contributed by atoms with Crippen LogP contribution in [0.5, 0.6) is 5.75 Å². The van der Waals surface area contributed by atoms with Gasteiger partial charge in [-0.2, -0.15) is 0 Å². The van der Waals surface area contributed by atoms with Crippen LogP contribution in [-0.2, 0) is 6.67 Å². The summed E-state index contributed by atoms with van der Waals surface area (Å²) in [4.78, 5) is 2.21. The van der Waals surface area contributed by atoms with E-state index >= 15 is 0 Å². The largest absolute Gasteiger partial charge is 0.494 e. The summed E-state index contributed by atoms with van der Waals surface area (Å²) in [5.41, 5.74) is 3.14.